The Balaban J connectivity index is 2.32. The van der Waals surface area contributed by atoms with Gasteiger partial charge in [-0.3, -0.25) is 4.79 Å². The van der Waals surface area contributed by atoms with Crippen molar-refractivity contribution >= 4 is 21.6 Å². The quantitative estimate of drug-likeness (QED) is 0.627. The molecule has 0 radical (unpaired) electrons. The van der Waals surface area contributed by atoms with Gasteiger partial charge in [-0.25, -0.2) is 8.42 Å². The second-order valence-corrected chi connectivity index (χ2v) is 8.64. The third-order valence-electron chi connectivity index (χ3n) is 4.37. The lowest BCUT2D eigenvalue weighted by Crippen LogP contribution is -2.47. The molecule has 0 heterocycles. The minimum atomic E-state index is -4.71. The first-order valence-corrected chi connectivity index (χ1v) is 10.6. The zero-order chi connectivity index (χ0) is 23.4. The number of rotatable bonds is 8. The molecule has 0 aliphatic carbocycles. The van der Waals surface area contributed by atoms with Crippen molar-refractivity contribution in [3.63, 3.8) is 0 Å². The highest BCUT2D eigenvalue weighted by Gasteiger charge is 2.33. The van der Waals surface area contributed by atoms with Gasteiger partial charge in [-0.05, 0) is 36.2 Å². The Kier molecular flexibility index (Phi) is 7.55. The van der Waals surface area contributed by atoms with Gasteiger partial charge in [0.25, 0.3) is 0 Å². The summed E-state index contributed by atoms with van der Waals surface area (Å²) in [5.74, 6) is -0.478. The molecule has 2 aromatic rings. The normalized spacial score (nSPS) is 13.0. The summed E-state index contributed by atoms with van der Waals surface area (Å²) >= 11 is 0. The van der Waals surface area contributed by atoms with E-state index in [0.717, 1.165) is 18.2 Å². The molecule has 2 N–H and O–H groups in total. The fourth-order valence-electron chi connectivity index (χ4n) is 2.69. The number of nitrogens with one attached hydrogen (secondary N) is 2. The van der Waals surface area contributed by atoms with Crippen molar-refractivity contribution < 1.29 is 35.9 Å². The van der Waals surface area contributed by atoms with Crippen LogP contribution in [0.1, 0.15) is 19.4 Å². The van der Waals surface area contributed by atoms with Crippen LogP contribution in [0, 0.1) is 5.92 Å². The summed E-state index contributed by atoms with van der Waals surface area (Å²) in [4.78, 5) is 12.2. The van der Waals surface area contributed by atoms with E-state index in [2.05, 4.69) is 10.0 Å². The molecule has 2 aromatic carbocycles. The Morgan fingerprint density at radius 3 is 2.26 bits per heavy atom. The van der Waals surface area contributed by atoms with Crippen molar-refractivity contribution in [2.45, 2.75) is 31.0 Å². The van der Waals surface area contributed by atoms with E-state index in [1.165, 1.54) is 20.3 Å². The molecule has 11 heteroatoms. The molecule has 0 saturated heterocycles. The van der Waals surface area contributed by atoms with E-state index < -0.39 is 44.5 Å². The number of hydrogen-bond acceptors (Lipinski definition) is 5. The summed E-state index contributed by atoms with van der Waals surface area (Å²) in [6.07, 6.45) is -4.71. The van der Waals surface area contributed by atoms with Crippen molar-refractivity contribution in [2.24, 2.45) is 5.92 Å². The van der Waals surface area contributed by atoms with E-state index in [1.807, 2.05) is 0 Å². The van der Waals surface area contributed by atoms with Crippen LogP contribution in [-0.2, 0) is 21.0 Å². The van der Waals surface area contributed by atoms with E-state index in [0.29, 0.717) is 17.6 Å². The molecule has 31 heavy (non-hydrogen) atoms. The number of carbonyl (C=O) groups is 1. The average Bonchev–Trinajstić information content (AvgIpc) is 2.71. The van der Waals surface area contributed by atoms with Crippen molar-refractivity contribution in [1.29, 1.82) is 0 Å². The predicted molar refractivity (Wildman–Crippen MR) is 109 cm³/mol. The molecule has 1 amide bonds. The van der Waals surface area contributed by atoms with E-state index >= 15 is 0 Å². The fourth-order valence-corrected chi connectivity index (χ4v) is 4.08. The number of ether oxygens (including phenoxy) is 2. The Hall–Kier alpha value is -2.79. The maximum absolute atomic E-state index is 12.9. The second kappa shape index (κ2) is 9.56. The molecule has 7 nitrogen and oxygen atoms in total. The maximum atomic E-state index is 12.9. The van der Waals surface area contributed by atoms with Gasteiger partial charge in [-0.2, -0.15) is 17.9 Å². The molecule has 0 fully saturated rings. The van der Waals surface area contributed by atoms with E-state index in [4.69, 9.17) is 9.47 Å². The summed E-state index contributed by atoms with van der Waals surface area (Å²) in [6.45, 7) is 3.20. The van der Waals surface area contributed by atoms with Crippen molar-refractivity contribution in [3.05, 3.63) is 48.0 Å². The van der Waals surface area contributed by atoms with Crippen molar-refractivity contribution in [3.8, 4) is 11.5 Å². The Morgan fingerprint density at radius 1 is 1.03 bits per heavy atom. The lowest BCUT2D eigenvalue weighted by Gasteiger charge is -2.22. The lowest BCUT2D eigenvalue weighted by molar-refractivity contribution is -0.137. The minimum Gasteiger partial charge on any atom is -0.497 e. The third-order valence-corrected chi connectivity index (χ3v) is 5.81. The van der Waals surface area contributed by atoms with Crippen LogP contribution in [0.15, 0.2) is 47.4 Å². The molecule has 170 valence electrons. The van der Waals surface area contributed by atoms with Gasteiger partial charge in [0, 0.05) is 6.07 Å². The highest BCUT2D eigenvalue weighted by atomic mass is 32.2. The van der Waals surface area contributed by atoms with E-state index in [-0.39, 0.29) is 5.69 Å². The van der Waals surface area contributed by atoms with E-state index in [9.17, 15) is 26.4 Å². The van der Waals surface area contributed by atoms with Gasteiger partial charge in [-0.1, -0.05) is 19.9 Å². The van der Waals surface area contributed by atoms with Crippen LogP contribution < -0.4 is 19.5 Å². The largest absolute Gasteiger partial charge is 0.497 e. The monoisotopic (exact) mass is 460 g/mol. The van der Waals surface area contributed by atoms with Crippen molar-refractivity contribution in [1.82, 2.24) is 4.72 Å². The van der Waals surface area contributed by atoms with Crippen LogP contribution in [0.5, 0.6) is 11.5 Å². The van der Waals surface area contributed by atoms with Gasteiger partial charge in [0.15, 0.2) is 0 Å². The Bertz CT molecular complexity index is 1040. The molecule has 2 rings (SSSR count). The third kappa shape index (κ3) is 6.11. The average molecular weight is 460 g/mol. The topological polar surface area (TPSA) is 93.7 Å². The van der Waals surface area contributed by atoms with Gasteiger partial charge in [0.2, 0.25) is 15.9 Å². The number of amides is 1. The predicted octanol–water partition coefficient (Wildman–Crippen LogP) is 3.66. The molecule has 1 atom stereocenters. The summed E-state index contributed by atoms with van der Waals surface area (Å²) in [5.41, 5.74) is -0.863. The minimum absolute atomic E-state index is 0.246. The second-order valence-electron chi connectivity index (χ2n) is 6.92. The Labute approximate surface area is 178 Å². The van der Waals surface area contributed by atoms with Crippen LogP contribution in [0.3, 0.4) is 0 Å². The molecule has 0 aromatic heterocycles. The first-order chi connectivity index (χ1) is 14.4. The fraction of sp³-hybridized carbons (Fsp3) is 0.350. The molecular formula is C20H23F3N2O5S. The zero-order valence-corrected chi connectivity index (χ0v) is 18.1. The van der Waals surface area contributed by atoms with E-state index in [1.54, 1.807) is 26.0 Å². The standard InChI is InChI=1S/C20H23F3N2O5S/c1-12(2)18(19(26)24-16-11-14(29-3)8-9-17(16)30-4)25-31(27,28)15-7-5-6-13(10-15)20(21,22)23/h5-12,18,25H,1-4H3,(H,24,26)/t18-/m0/s1. The van der Waals surface area contributed by atoms with Crippen LogP contribution in [0.2, 0.25) is 0 Å². The van der Waals surface area contributed by atoms with Gasteiger partial charge in [0.05, 0.1) is 30.4 Å². The molecule has 0 aliphatic rings. The molecule has 0 unspecified atom stereocenters. The highest BCUT2D eigenvalue weighted by Crippen LogP contribution is 2.31. The van der Waals surface area contributed by atoms with Gasteiger partial charge in [-0.15, -0.1) is 0 Å². The molecular weight excluding hydrogens is 437 g/mol. The number of methoxy groups -OCH3 is 2. The van der Waals surface area contributed by atoms with Gasteiger partial charge in [0.1, 0.15) is 17.5 Å². The number of carbonyl (C=O) groups excluding carboxylic acids is 1. The summed E-state index contributed by atoms with van der Waals surface area (Å²) in [7, 11) is -1.59. The zero-order valence-electron chi connectivity index (χ0n) is 17.3. The van der Waals surface area contributed by atoms with Gasteiger partial charge >= 0.3 is 6.18 Å². The number of anilines is 1. The molecule has 0 bridgehead atoms. The summed E-state index contributed by atoms with van der Waals surface area (Å²) in [6, 6.07) is 6.70. The number of halogens is 3. The Morgan fingerprint density at radius 2 is 1.71 bits per heavy atom. The number of sulfonamides is 1. The molecule has 0 saturated carbocycles. The van der Waals surface area contributed by atoms with Crippen LogP contribution in [-0.4, -0.2) is 34.6 Å². The number of hydrogen-bond donors (Lipinski definition) is 2. The molecule has 0 spiro atoms. The maximum Gasteiger partial charge on any atom is 0.416 e. The first-order valence-electron chi connectivity index (χ1n) is 9.11. The number of benzene rings is 2. The van der Waals surface area contributed by atoms with Gasteiger partial charge < -0.3 is 14.8 Å². The first kappa shape index (κ1) is 24.5. The number of alkyl halides is 3. The summed E-state index contributed by atoms with van der Waals surface area (Å²) in [5, 5.41) is 2.58. The summed E-state index contributed by atoms with van der Waals surface area (Å²) < 4.78 is 76.7. The smallest absolute Gasteiger partial charge is 0.416 e. The van der Waals surface area contributed by atoms with Crippen LogP contribution >= 0.6 is 0 Å². The molecule has 0 aliphatic heterocycles. The SMILES string of the molecule is COc1ccc(OC)c(NC(=O)[C@@H](NS(=O)(=O)c2cccc(C(F)(F)F)c2)C(C)C)c1. The van der Waals surface area contributed by atoms with Crippen molar-refractivity contribution in [2.75, 3.05) is 19.5 Å². The van der Waals surface area contributed by atoms with Crippen LogP contribution in [0.4, 0.5) is 18.9 Å². The van der Waals surface area contributed by atoms with Crippen LogP contribution in [0.25, 0.3) is 0 Å². The lowest BCUT2D eigenvalue weighted by atomic mass is 10.0. The highest BCUT2D eigenvalue weighted by molar-refractivity contribution is 7.89.